The van der Waals surface area contributed by atoms with Crippen LogP contribution in [0.15, 0.2) is 23.2 Å². The Hall–Kier alpha value is -1.45. The zero-order valence-electron chi connectivity index (χ0n) is 16.0. The second-order valence-corrected chi connectivity index (χ2v) is 6.51. The molecule has 1 aliphatic rings. The molecule has 1 atom stereocenters. The molecule has 1 aliphatic heterocycles. The largest absolute Gasteiger partial charge is 0.466 e. The second kappa shape index (κ2) is 11.4. The highest BCUT2D eigenvalue weighted by Gasteiger charge is 2.27. The molecule has 0 saturated carbocycles. The maximum Gasteiger partial charge on any atom is 0.309 e. The lowest BCUT2D eigenvalue weighted by Crippen LogP contribution is -2.47. The average Bonchev–Trinajstić information content (AvgIpc) is 2.62. The molecule has 0 spiro atoms. The molecule has 1 saturated heterocycles. The summed E-state index contributed by atoms with van der Waals surface area (Å²) in [6.07, 6.45) is 1.45. The van der Waals surface area contributed by atoms with Crippen molar-refractivity contribution < 1.29 is 18.3 Å². The van der Waals surface area contributed by atoms with E-state index in [0.717, 1.165) is 24.9 Å². The maximum atomic E-state index is 13.9. The Morgan fingerprint density at radius 3 is 2.59 bits per heavy atom. The van der Waals surface area contributed by atoms with Gasteiger partial charge in [0.05, 0.1) is 12.5 Å². The minimum Gasteiger partial charge on any atom is -0.466 e. The van der Waals surface area contributed by atoms with Crippen molar-refractivity contribution in [3.8, 4) is 0 Å². The third-order valence-corrected chi connectivity index (χ3v) is 4.69. The number of esters is 1. The summed E-state index contributed by atoms with van der Waals surface area (Å²) in [7, 11) is 1.70. The highest BCUT2D eigenvalue weighted by Crippen LogP contribution is 2.21. The SMILES string of the molecule is CCOC(=O)C1CCN(C(=NC)NCC(C)c2ccc(F)cc2F)CC1.I. The second-order valence-electron chi connectivity index (χ2n) is 6.51. The van der Waals surface area contributed by atoms with E-state index < -0.39 is 11.6 Å². The van der Waals surface area contributed by atoms with Gasteiger partial charge in [-0.15, -0.1) is 24.0 Å². The first kappa shape index (κ1) is 23.6. The number of ether oxygens (including phenoxy) is 1. The van der Waals surface area contributed by atoms with Gasteiger partial charge in [-0.1, -0.05) is 13.0 Å². The summed E-state index contributed by atoms with van der Waals surface area (Å²) in [5.74, 6) is -0.714. The molecule has 1 aromatic rings. The fourth-order valence-corrected chi connectivity index (χ4v) is 3.17. The zero-order valence-corrected chi connectivity index (χ0v) is 18.3. The van der Waals surface area contributed by atoms with E-state index in [1.807, 2.05) is 13.8 Å². The summed E-state index contributed by atoms with van der Waals surface area (Å²) in [4.78, 5) is 18.2. The molecular weight excluding hydrogens is 467 g/mol. The van der Waals surface area contributed by atoms with Crippen molar-refractivity contribution in [2.24, 2.45) is 10.9 Å². The molecule has 5 nitrogen and oxygen atoms in total. The molecule has 8 heteroatoms. The molecule has 1 unspecified atom stereocenters. The van der Waals surface area contributed by atoms with Crippen LogP contribution in [0.4, 0.5) is 8.78 Å². The van der Waals surface area contributed by atoms with Gasteiger partial charge in [-0.25, -0.2) is 8.78 Å². The Labute approximate surface area is 176 Å². The van der Waals surface area contributed by atoms with Crippen LogP contribution in [0, 0.1) is 17.6 Å². The summed E-state index contributed by atoms with van der Waals surface area (Å²) in [5, 5.41) is 3.25. The Morgan fingerprint density at radius 2 is 2.04 bits per heavy atom. The summed E-state index contributed by atoms with van der Waals surface area (Å²) in [6.45, 7) is 5.99. The highest BCUT2D eigenvalue weighted by molar-refractivity contribution is 14.0. The molecule has 0 amide bonds. The quantitative estimate of drug-likeness (QED) is 0.294. The molecule has 0 aliphatic carbocycles. The summed E-state index contributed by atoms with van der Waals surface area (Å²) in [6, 6.07) is 3.65. The number of rotatable bonds is 5. The van der Waals surface area contributed by atoms with E-state index in [9.17, 15) is 13.6 Å². The molecule has 152 valence electrons. The Kier molecular flexibility index (Phi) is 9.97. The lowest BCUT2D eigenvalue weighted by atomic mass is 9.97. The van der Waals surface area contributed by atoms with Gasteiger partial charge in [0, 0.05) is 38.7 Å². The van der Waals surface area contributed by atoms with E-state index in [1.165, 1.54) is 12.1 Å². The van der Waals surface area contributed by atoms with Crippen molar-refractivity contribution in [3.05, 3.63) is 35.4 Å². The number of halogens is 3. The number of nitrogens with zero attached hydrogens (tertiary/aromatic N) is 2. The van der Waals surface area contributed by atoms with Gasteiger partial charge in [0.15, 0.2) is 5.96 Å². The van der Waals surface area contributed by atoms with Crippen LogP contribution in [-0.4, -0.2) is 50.1 Å². The van der Waals surface area contributed by atoms with E-state index in [4.69, 9.17) is 4.74 Å². The first-order valence-corrected chi connectivity index (χ1v) is 9.03. The first-order valence-electron chi connectivity index (χ1n) is 9.03. The molecule has 0 bridgehead atoms. The number of nitrogens with one attached hydrogen (secondary N) is 1. The number of piperidine rings is 1. The number of carbonyl (C=O) groups is 1. The predicted octanol–water partition coefficient (Wildman–Crippen LogP) is 3.54. The number of carbonyl (C=O) groups excluding carboxylic acids is 1. The van der Waals surface area contributed by atoms with Crippen molar-refractivity contribution in [2.45, 2.75) is 32.6 Å². The third kappa shape index (κ3) is 6.58. The highest BCUT2D eigenvalue weighted by atomic mass is 127. The zero-order chi connectivity index (χ0) is 19.1. The average molecular weight is 495 g/mol. The fourth-order valence-electron chi connectivity index (χ4n) is 3.17. The topological polar surface area (TPSA) is 53.9 Å². The van der Waals surface area contributed by atoms with Gasteiger partial charge in [-0.3, -0.25) is 9.79 Å². The van der Waals surface area contributed by atoms with Crippen molar-refractivity contribution in [2.75, 3.05) is 33.3 Å². The number of likely N-dealkylation sites (tertiary alicyclic amines) is 1. The summed E-state index contributed by atoms with van der Waals surface area (Å²) < 4.78 is 32.0. The van der Waals surface area contributed by atoms with Gasteiger partial charge in [0.2, 0.25) is 0 Å². The summed E-state index contributed by atoms with van der Waals surface area (Å²) in [5.41, 5.74) is 0.468. The monoisotopic (exact) mass is 495 g/mol. The fraction of sp³-hybridized carbons (Fsp3) is 0.579. The number of hydrogen-bond acceptors (Lipinski definition) is 3. The van der Waals surface area contributed by atoms with Crippen LogP contribution in [-0.2, 0) is 9.53 Å². The van der Waals surface area contributed by atoms with E-state index in [2.05, 4.69) is 15.2 Å². The Bertz CT molecular complexity index is 650. The van der Waals surface area contributed by atoms with Crippen LogP contribution in [0.2, 0.25) is 0 Å². The van der Waals surface area contributed by atoms with Gasteiger partial charge >= 0.3 is 5.97 Å². The first-order chi connectivity index (χ1) is 12.5. The van der Waals surface area contributed by atoms with Crippen LogP contribution in [0.5, 0.6) is 0 Å². The van der Waals surface area contributed by atoms with Crippen LogP contribution < -0.4 is 5.32 Å². The number of aliphatic imine (C=N–C) groups is 1. The van der Waals surface area contributed by atoms with E-state index in [-0.39, 0.29) is 41.8 Å². The number of hydrogen-bond donors (Lipinski definition) is 1. The smallest absolute Gasteiger partial charge is 0.309 e. The molecule has 1 heterocycles. The number of guanidine groups is 1. The van der Waals surface area contributed by atoms with E-state index in [0.29, 0.717) is 31.8 Å². The molecule has 1 aromatic carbocycles. The van der Waals surface area contributed by atoms with Gasteiger partial charge in [-0.05, 0) is 31.4 Å². The van der Waals surface area contributed by atoms with E-state index in [1.54, 1.807) is 7.05 Å². The maximum absolute atomic E-state index is 13.9. The Balaban J connectivity index is 0.00000364. The molecule has 0 radical (unpaired) electrons. The van der Waals surface area contributed by atoms with Crippen LogP contribution in [0.1, 0.15) is 38.2 Å². The minimum absolute atomic E-state index is 0. The Morgan fingerprint density at radius 1 is 1.37 bits per heavy atom. The third-order valence-electron chi connectivity index (χ3n) is 4.69. The lowest BCUT2D eigenvalue weighted by molar-refractivity contribution is -0.149. The van der Waals surface area contributed by atoms with Gasteiger partial charge in [0.25, 0.3) is 0 Å². The predicted molar refractivity (Wildman–Crippen MR) is 112 cm³/mol. The van der Waals surface area contributed by atoms with Crippen LogP contribution >= 0.6 is 24.0 Å². The molecule has 0 aromatic heterocycles. The standard InChI is InChI=1S/C19H27F2N3O2.HI/c1-4-26-18(25)14-7-9-24(10-8-14)19(22-3)23-12-13(2)16-6-5-15(20)11-17(16)21;/h5-6,11,13-14H,4,7-10,12H2,1-3H3,(H,22,23);1H. The van der Waals surface area contributed by atoms with Gasteiger partial charge in [0.1, 0.15) is 11.6 Å². The number of benzene rings is 1. The molecule has 1 fully saturated rings. The lowest BCUT2D eigenvalue weighted by Gasteiger charge is -2.33. The summed E-state index contributed by atoms with van der Waals surface area (Å²) >= 11 is 0. The van der Waals surface area contributed by atoms with Crippen molar-refractivity contribution >= 4 is 35.9 Å². The molecular formula is C19H28F2IN3O2. The van der Waals surface area contributed by atoms with Crippen LogP contribution in [0.25, 0.3) is 0 Å². The molecule has 2 rings (SSSR count). The minimum atomic E-state index is -0.577. The van der Waals surface area contributed by atoms with Crippen molar-refractivity contribution in [1.29, 1.82) is 0 Å². The van der Waals surface area contributed by atoms with Crippen LogP contribution in [0.3, 0.4) is 0 Å². The normalized spacial score (nSPS) is 16.5. The molecule has 27 heavy (non-hydrogen) atoms. The van der Waals surface area contributed by atoms with E-state index >= 15 is 0 Å². The van der Waals surface area contributed by atoms with Crippen molar-refractivity contribution in [1.82, 2.24) is 10.2 Å². The molecule has 1 N–H and O–H groups in total. The van der Waals surface area contributed by atoms with Gasteiger partial charge in [-0.2, -0.15) is 0 Å². The van der Waals surface area contributed by atoms with Crippen molar-refractivity contribution in [3.63, 3.8) is 0 Å². The van der Waals surface area contributed by atoms with Gasteiger partial charge < -0.3 is 15.0 Å².